The van der Waals surface area contributed by atoms with Crippen LogP contribution < -0.4 is 4.90 Å². The van der Waals surface area contributed by atoms with E-state index >= 15 is 0 Å². The van der Waals surface area contributed by atoms with E-state index in [0.29, 0.717) is 45.8 Å². The fourth-order valence-electron chi connectivity index (χ4n) is 7.89. The molecule has 11 heteroatoms. The number of likely N-dealkylation sites (tertiary alicyclic amines) is 1. The highest BCUT2D eigenvalue weighted by molar-refractivity contribution is 5.79. The van der Waals surface area contributed by atoms with Gasteiger partial charge in [0.15, 0.2) is 11.5 Å². The number of ether oxygens (including phenoxy) is 2. The third-order valence-electron chi connectivity index (χ3n) is 10.6. The molecule has 0 spiro atoms. The number of benzene rings is 3. The van der Waals surface area contributed by atoms with E-state index in [1.807, 2.05) is 69.3 Å². The molecule has 282 valence electrons. The molecule has 0 saturated carbocycles. The lowest BCUT2D eigenvalue weighted by atomic mass is 9.89. The Morgan fingerprint density at radius 2 is 1.49 bits per heavy atom. The van der Waals surface area contributed by atoms with Crippen LogP contribution in [-0.4, -0.2) is 92.6 Å². The molecule has 4 heterocycles. The second-order valence-electron chi connectivity index (χ2n) is 15.5. The van der Waals surface area contributed by atoms with Gasteiger partial charge in [-0.2, -0.15) is 4.98 Å². The average molecular weight is 739 g/mol. The largest absolute Gasteiger partial charge is 0.447 e. The first kappa shape index (κ1) is 36.1. The summed E-state index contributed by atoms with van der Waals surface area (Å²) in [6, 6.07) is 28.6. The lowest BCUT2D eigenvalue weighted by Gasteiger charge is -2.38. The third-order valence-corrected chi connectivity index (χ3v) is 10.6. The molecule has 2 aliphatic heterocycles. The minimum atomic E-state index is -0.565. The Morgan fingerprint density at radius 3 is 2.22 bits per heavy atom. The number of piperidine rings is 1. The molecule has 55 heavy (non-hydrogen) atoms. The molecule has 11 nitrogen and oxygen atoms in total. The molecule has 5 aromatic rings. The first-order chi connectivity index (χ1) is 26.7. The fourth-order valence-corrected chi connectivity index (χ4v) is 7.89. The van der Waals surface area contributed by atoms with E-state index in [1.54, 1.807) is 9.80 Å². The van der Waals surface area contributed by atoms with Gasteiger partial charge in [-0.3, -0.25) is 4.57 Å². The van der Waals surface area contributed by atoms with Gasteiger partial charge in [-0.25, -0.2) is 14.6 Å². The minimum absolute atomic E-state index is 0.112. The van der Waals surface area contributed by atoms with Crippen molar-refractivity contribution in [1.29, 1.82) is 0 Å². The minimum Gasteiger partial charge on any atom is -0.447 e. The van der Waals surface area contributed by atoms with Gasteiger partial charge in [-0.05, 0) is 57.2 Å². The SMILES string of the molecule is CC(C)(C)OC(=O)N1CCC(C(COC(=O)N2CCN(c3nc4ccccc4n3Cc3ccccc3)CC2)n2c(-c3ccccc3)nc3c2C=[C+]C=C3)CC1. The van der Waals surface area contributed by atoms with Crippen molar-refractivity contribution in [2.45, 2.75) is 51.8 Å². The maximum absolute atomic E-state index is 13.9. The molecule has 3 aliphatic rings. The van der Waals surface area contributed by atoms with E-state index in [2.05, 4.69) is 74.7 Å². The molecule has 1 aliphatic carbocycles. The summed E-state index contributed by atoms with van der Waals surface area (Å²) < 4.78 is 16.5. The van der Waals surface area contributed by atoms with E-state index in [9.17, 15) is 9.59 Å². The van der Waals surface area contributed by atoms with Gasteiger partial charge >= 0.3 is 12.2 Å². The van der Waals surface area contributed by atoms with Gasteiger partial charge in [-0.15, -0.1) is 0 Å². The quantitative estimate of drug-likeness (QED) is 0.149. The van der Waals surface area contributed by atoms with Gasteiger partial charge in [0.1, 0.15) is 24.4 Å². The molecule has 2 amide bonds. The van der Waals surface area contributed by atoms with Crippen molar-refractivity contribution in [3.05, 3.63) is 114 Å². The molecule has 1 unspecified atom stereocenters. The van der Waals surface area contributed by atoms with Crippen LogP contribution in [-0.2, 0) is 16.0 Å². The summed E-state index contributed by atoms with van der Waals surface area (Å²) in [6.07, 6.45) is 9.89. The molecule has 0 bridgehead atoms. The number of hydrogen-bond acceptors (Lipinski definition) is 7. The molecule has 2 aromatic heterocycles. The van der Waals surface area contributed by atoms with Crippen LogP contribution in [0.1, 0.15) is 56.6 Å². The predicted molar refractivity (Wildman–Crippen MR) is 214 cm³/mol. The van der Waals surface area contributed by atoms with Crippen LogP contribution in [0.3, 0.4) is 0 Å². The van der Waals surface area contributed by atoms with Crippen LogP contribution in [0.15, 0.2) is 91.0 Å². The lowest BCUT2D eigenvalue weighted by Crippen LogP contribution is -2.50. The number of fused-ring (bicyclic) bond motifs is 2. The van der Waals surface area contributed by atoms with Crippen molar-refractivity contribution >= 4 is 41.3 Å². The molecular formula is C44H48N7O4+. The van der Waals surface area contributed by atoms with Crippen molar-refractivity contribution in [3.8, 4) is 11.4 Å². The molecule has 1 atom stereocenters. The topological polar surface area (TPSA) is 98.0 Å². The number of amides is 2. The smallest absolute Gasteiger partial charge is 0.410 e. The first-order valence-corrected chi connectivity index (χ1v) is 19.3. The van der Waals surface area contributed by atoms with Gasteiger partial charge < -0.3 is 28.7 Å². The number of carbonyl (C=O) groups excluding carboxylic acids is 2. The van der Waals surface area contributed by atoms with E-state index in [4.69, 9.17) is 19.4 Å². The number of piperazine rings is 1. The zero-order chi connectivity index (χ0) is 37.9. The van der Waals surface area contributed by atoms with Crippen LogP contribution in [0.25, 0.3) is 34.6 Å². The summed E-state index contributed by atoms with van der Waals surface area (Å²) in [5.74, 6) is 1.84. The summed E-state index contributed by atoms with van der Waals surface area (Å²) in [5, 5.41) is 0. The van der Waals surface area contributed by atoms with E-state index in [0.717, 1.165) is 52.6 Å². The van der Waals surface area contributed by atoms with E-state index < -0.39 is 5.60 Å². The monoisotopic (exact) mass is 738 g/mol. The number of aromatic nitrogens is 4. The van der Waals surface area contributed by atoms with E-state index in [1.165, 1.54) is 5.56 Å². The van der Waals surface area contributed by atoms with Crippen molar-refractivity contribution in [2.75, 3.05) is 50.8 Å². The Kier molecular flexibility index (Phi) is 10.1. The van der Waals surface area contributed by atoms with Crippen LogP contribution in [0.4, 0.5) is 15.5 Å². The second-order valence-corrected chi connectivity index (χ2v) is 15.5. The van der Waals surface area contributed by atoms with Crippen molar-refractivity contribution in [2.24, 2.45) is 5.92 Å². The van der Waals surface area contributed by atoms with Gasteiger partial charge in [0.2, 0.25) is 11.6 Å². The number of carbonyl (C=O) groups is 2. The highest BCUT2D eigenvalue weighted by Crippen LogP contribution is 2.37. The Balaban J connectivity index is 1.00. The van der Waals surface area contributed by atoms with Gasteiger partial charge in [0.05, 0.1) is 29.7 Å². The number of allylic oxidation sites excluding steroid dienone is 2. The predicted octanol–water partition coefficient (Wildman–Crippen LogP) is 7.94. The Bertz CT molecular complexity index is 2190. The molecule has 2 saturated heterocycles. The number of para-hydroxylation sites is 2. The fraction of sp³-hybridized carbons (Fsp3) is 0.364. The zero-order valence-electron chi connectivity index (χ0n) is 31.8. The van der Waals surface area contributed by atoms with Crippen LogP contribution >= 0.6 is 0 Å². The first-order valence-electron chi connectivity index (χ1n) is 19.3. The van der Waals surface area contributed by atoms with Crippen LogP contribution in [0, 0.1) is 12.0 Å². The summed E-state index contributed by atoms with van der Waals surface area (Å²) >= 11 is 0. The maximum Gasteiger partial charge on any atom is 0.410 e. The highest BCUT2D eigenvalue weighted by Gasteiger charge is 2.38. The van der Waals surface area contributed by atoms with Gasteiger partial charge in [0, 0.05) is 50.9 Å². The molecule has 2 fully saturated rings. The Morgan fingerprint density at radius 1 is 0.818 bits per heavy atom. The zero-order valence-corrected chi connectivity index (χ0v) is 31.8. The second kappa shape index (κ2) is 15.4. The number of imidazole rings is 2. The molecule has 0 radical (unpaired) electrons. The normalized spacial score (nSPS) is 16.5. The Labute approximate surface area is 322 Å². The molecule has 8 rings (SSSR count). The highest BCUT2D eigenvalue weighted by atomic mass is 16.6. The number of hydrogen-bond donors (Lipinski definition) is 0. The molecule has 0 N–H and O–H groups in total. The maximum atomic E-state index is 13.9. The van der Waals surface area contributed by atoms with Gasteiger partial charge in [0.25, 0.3) is 0 Å². The summed E-state index contributed by atoms with van der Waals surface area (Å²) in [6.45, 7) is 9.96. The Hall–Kier alpha value is -5.93. The third kappa shape index (κ3) is 7.84. The average Bonchev–Trinajstić information content (AvgIpc) is 3.77. The van der Waals surface area contributed by atoms with Crippen LogP contribution in [0.5, 0.6) is 0 Å². The van der Waals surface area contributed by atoms with E-state index in [-0.39, 0.29) is 30.8 Å². The number of nitrogens with zero attached hydrogens (tertiary/aromatic N) is 7. The summed E-state index contributed by atoms with van der Waals surface area (Å²) in [7, 11) is 0. The molecule has 3 aromatic carbocycles. The van der Waals surface area contributed by atoms with Crippen molar-refractivity contribution in [1.82, 2.24) is 28.9 Å². The van der Waals surface area contributed by atoms with Crippen molar-refractivity contribution < 1.29 is 19.1 Å². The van der Waals surface area contributed by atoms with Crippen LogP contribution in [0.2, 0.25) is 0 Å². The number of anilines is 1. The molecular weight excluding hydrogens is 691 g/mol. The summed E-state index contributed by atoms with van der Waals surface area (Å²) in [5.41, 5.74) is 5.46. The van der Waals surface area contributed by atoms with Gasteiger partial charge in [-0.1, -0.05) is 72.8 Å². The standard InChI is InChI=1S/C44H48N7O4/c1-44(2,3)55-43(53)48-24-22-33(23-25-48)39(51-38-21-13-11-19-36(38)45-40(51)34-16-8-5-9-17-34)31-54-42(52)49-28-26-47(27-29-49)41-46-35-18-10-12-20-37(35)50(41)30-32-14-6-4-7-15-32/h4-12,14-21,33,39H,22-31H2,1-3H3/q+1. The number of rotatable bonds is 8. The van der Waals surface area contributed by atoms with Crippen molar-refractivity contribution in [3.63, 3.8) is 0 Å². The summed E-state index contributed by atoms with van der Waals surface area (Å²) in [4.78, 5) is 42.9. The lowest BCUT2D eigenvalue weighted by molar-refractivity contribution is 0.0134.